The molecule has 0 aromatic rings. The summed E-state index contributed by atoms with van der Waals surface area (Å²) < 4.78 is 0. The molecule has 0 amide bonds. The lowest BCUT2D eigenvalue weighted by molar-refractivity contribution is -0.145. The zero-order chi connectivity index (χ0) is 16.2. The molecule has 1 unspecified atom stereocenters. The van der Waals surface area contributed by atoms with Gasteiger partial charge in [-0.3, -0.25) is 4.79 Å². The van der Waals surface area contributed by atoms with Crippen LogP contribution in [0.5, 0.6) is 0 Å². The lowest BCUT2D eigenvalue weighted by atomic mass is 9.48. The molecular formula is C21H32O2. The minimum atomic E-state index is -0.559. The molecule has 6 atom stereocenters. The first-order chi connectivity index (χ1) is 11.0. The molecule has 23 heavy (non-hydrogen) atoms. The second kappa shape index (κ2) is 5.44. The molecule has 0 radical (unpaired) electrons. The molecule has 0 aromatic carbocycles. The molecule has 4 aliphatic carbocycles. The van der Waals surface area contributed by atoms with Crippen molar-refractivity contribution in [2.45, 2.75) is 83.7 Å². The zero-order valence-electron chi connectivity index (χ0n) is 14.8. The van der Waals surface area contributed by atoms with Crippen LogP contribution in [0.2, 0.25) is 0 Å². The molecular weight excluding hydrogens is 284 g/mol. The van der Waals surface area contributed by atoms with E-state index >= 15 is 0 Å². The van der Waals surface area contributed by atoms with E-state index in [9.17, 15) is 9.90 Å². The Morgan fingerprint density at radius 1 is 1.26 bits per heavy atom. The van der Waals surface area contributed by atoms with Crippen LogP contribution in [-0.4, -0.2) is 16.5 Å². The van der Waals surface area contributed by atoms with Gasteiger partial charge >= 0.3 is 0 Å². The Bertz CT molecular complexity index is 536. The summed E-state index contributed by atoms with van der Waals surface area (Å²) in [6.45, 7) is 4.68. The van der Waals surface area contributed by atoms with E-state index in [0.29, 0.717) is 29.1 Å². The van der Waals surface area contributed by atoms with E-state index in [-0.39, 0.29) is 5.78 Å². The summed E-state index contributed by atoms with van der Waals surface area (Å²) in [6, 6.07) is 0. The summed E-state index contributed by atoms with van der Waals surface area (Å²) >= 11 is 0. The fourth-order valence-corrected chi connectivity index (χ4v) is 7.08. The summed E-state index contributed by atoms with van der Waals surface area (Å²) in [5.74, 6) is 2.67. The molecule has 0 saturated heterocycles. The van der Waals surface area contributed by atoms with Crippen LogP contribution in [-0.2, 0) is 4.79 Å². The Morgan fingerprint density at radius 3 is 2.87 bits per heavy atom. The first-order valence-electron chi connectivity index (χ1n) is 9.92. The van der Waals surface area contributed by atoms with Gasteiger partial charge in [-0.25, -0.2) is 0 Å². The van der Waals surface area contributed by atoms with Crippen LogP contribution in [0.1, 0.15) is 78.1 Å². The third-order valence-corrected chi connectivity index (χ3v) is 7.96. The van der Waals surface area contributed by atoms with E-state index in [1.165, 1.54) is 37.7 Å². The van der Waals surface area contributed by atoms with Gasteiger partial charge in [-0.15, -0.1) is 0 Å². The SMILES string of the molecule is CCCC1(O)CC2=CC(=O)CC[C@@H]2[C@H]2CC[C@]3(C)CCC[C@H]3[C@@H]21. The number of carbonyl (C=O) groups excluding carboxylic acids is 1. The van der Waals surface area contributed by atoms with Crippen LogP contribution in [0.4, 0.5) is 0 Å². The fourth-order valence-electron chi connectivity index (χ4n) is 7.08. The minimum absolute atomic E-state index is 0.287. The topological polar surface area (TPSA) is 37.3 Å². The molecule has 1 N–H and O–H groups in total. The molecule has 4 rings (SSSR count). The average Bonchev–Trinajstić information content (AvgIpc) is 2.88. The molecule has 0 bridgehead atoms. The van der Waals surface area contributed by atoms with E-state index in [1.54, 1.807) is 0 Å². The van der Waals surface area contributed by atoms with Crippen molar-refractivity contribution in [3.05, 3.63) is 11.6 Å². The Hall–Kier alpha value is -0.630. The van der Waals surface area contributed by atoms with Crippen LogP contribution in [0.25, 0.3) is 0 Å². The zero-order valence-corrected chi connectivity index (χ0v) is 14.8. The maximum absolute atomic E-state index is 11.9. The second-order valence-corrected chi connectivity index (χ2v) is 9.24. The number of rotatable bonds is 2. The molecule has 0 aromatic heterocycles. The predicted octanol–water partition coefficient (Wildman–Crippen LogP) is 4.66. The normalized spacial score (nSPS) is 49.2. The van der Waals surface area contributed by atoms with E-state index < -0.39 is 5.60 Å². The summed E-state index contributed by atoms with van der Waals surface area (Å²) in [5.41, 5.74) is 1.20. The number of fused-ring (bicyclic) bond motifs is 5. The first-order valence-corrected chi connectivity index (χ1v) is 9.92. The van der Waals surface area contributed by atoms with Gasteiger partial charge in [0.05, 0.1) is 5.60 Å². The van der Waals surface area contributed by atoms with Crippen LogP contribution >= 0.6 is 0 Å². The Morgan fingerprint density at radius 2 is 2.09 bits per heavy atom. The van der Waals surface area contributed by atoms with Gasteiger partial charge in [-0.05, 0) is 80.1 Å². The van der Waals surface area contributed by atoms with Gasteiger partial charge < -0.3 is 5.11 Å². The van der Waals surface area contributed by atoms with E-state index in [2.05, 4.69) is 13.8 Å². The maximum atomic E-state index is 11.9. The van der Waals surface area contributed by atoms with Crippen LogP contribution < -0.4 is 0 Å². The highest BCUT2D eigenvalue weighted by Gasteiger charge is 2.59. The van der Waals surface area contributed by atoms with Crippen molar-refractivity contribution in [3.63, 3.8) is 0 Å². The van der Waals surface area contributed by atoms with Gasteiger partial charge in [0.15, 0.2) is 5.78 Å². The third kappa shape index (κ3) is 2.35. The molecule has 128 valence electrons. The third-order valence-electron chi connectivity index (χ3n) is 7.96. The van der Waals surface area contributed by atoms with Crippen molar-refractivity contribution < 1.29 is 9.90 Å². The molecule has 0 aliphatic heterocycles. The quantitative estimate of drug-likeness (QED) is 0.804. The van der Waals surface area contributed by atoms with Crippen molar-refractivity contribution in [2.75, 3.05) is 0 Å². The number of aliphatic hydroxyl groups is 1. The summed E-state index contributed by atoms with van der Waals surface area (Å²) in [6.07, 6.45) is 13.0. The number of carbonyl (C=O) groups is 1. The number of ketones is 1. The predicted molar refractivity (Wildman–Crippen MR) is 92.0 cm³/mol. The van der Waals surface area contributed by atoms with Gasteiger partial charge in [0, 0.05) is 6.42 Å². The first kappa shape index (κ1) is 15.9. The summed E-state index contributed by atoms with van der Waals surface area (Å²) in [7, 11) is 0. The van der Waals surface area contributed by atoms with Crippen molar-refractivity contribution in [1.29, 1.82) is 0 Å². The highest BCUT2D eigenvalue weighted by atomic mass is 16.3. The molecule has 3 fully saturated rings. The Labute approximate surface area is 140 Å². The minimum Gasteiger partial charge on any atom is -0.389 e. The monoisotopic (exact) mass is 316 g/mol. The largest absolute Gasteiger partial charge is 0.389 e. The Balaban J connectivity index is 1.75. The van der Waals surface area contributed by atoms with E-state index in [1.807, 2.05) is 6.08 Å². The van der Waals surface area contributed by atoms with E-state index in [4.69, 9.17) is 0 Å². The molecule has 3 saturated carbocycles. The second-order valence-electron chi connectivity index (χ2n) is 9.24. The molecule has 2 nitrogen and oxygen atoms in total. The van der Waals surface area contributed by atoms with Gasteiger partial charge in [0.25, 0.3) is 0 Å². The van der Waals surface area contributed by atoms with Gasteiger partial charge in [-0.1, -0.05) is 32.3 Å². The van der Waals surface area contributed by atoms with Crippen LogP contribution in [0, 0.1) is 29.1 Å². The molecule has 2 heteroatoms. The smallest absolute Gasteiger partial charge is 0.155 e. The average molecular weight is 316 g/mol. The van der Waals surface area contributed by atoms with Crippen molar-refractivity contribution in [2.24, 2.45) is 29.1 Å². The lowest BCUT2D eigenvalue weighted by Gasteiger charge is -2.59. The highest BCUT2D eigenvalue weighted by Crippen LogP contribution is 2.64. The van der Waals surface area contributed by atoms with Gasteiger partial charge in [0.2, 0.25) is 0 Å². The summed E-state index contributed by atoms with van der Waals surface area (Å²) in [4.78, 5) is 11.9. The molecule has 0 spiro atoms. The van der Waals surface area contributed by atoms with Crippen LogP contribution in [0.3, 0.4) is 0 Å². The van der Waals surface area contributed by atoms with Crippen LogP contribution in [0.15, 0.2) is 11.6 Å². The van der Waals surface area contributed by atoms with Gasteiger partial charge in [-0.2, -0.15) is 0 Å². The van der Waals surface area contributed by atoms with E-state index in [0.717, 1.165) is 32.1 Å². The van der Waals surface area contributed by atoms with Crippen molar-refractivity contribution in [1.82, 2.24) is 0 Å². The maximum Gasteiger partial charge on any atom is 0.155 e. The Kier molecular flexibility index (Phi) is 3.75. The fraction of sp³-hybridized carbons (Fsp3) is 0.857. The number of hydrogen-bond donors (Lipinski definition) is 1. The van der Waals surface area contributed by atoms with Crippen molar-refractivity contribution >= 4 is 5.78 Å². The molecule has 0 heterocycles. The molecule has 4 aliphatic rings. The van der Waals surface area contributed by atoms with Gasteiger partial charge in [0.1, 0.15) is 0 Å². The summed E-state index contributed by atoms with van der Waals surface area (Å²) in [5, 5.41) is 11.7. The standard InChI is InChI=1S/C21H32O2/c1-3-9-21(23)13-14-12-15(22)6-7-16(14)17-8-11-20(2)10-4-5-18(20)19(17)21/h12,16-19,23H,3-11,13H2,1-2H3/t16-,17+,18-,19+,20-,21?/m0/s1. The highest BCUT2D eigenvalue weighted by molar-refractivity contribution is 5.91. The lowest BCUT2D eigenvalue weighted by Crippen LogP contribution is -2.57. The number of hydrogen-bond acceptors (Lipinski definition) is 2. The van der Waals surface area contributed by atoms with Crippen molar-refractivity contribution in [3.8, 4) is 0 Å².